The SMILES string of the molecule is N/N=C(/N)NCCO. The van der Waals surface area contributed by atoms with Gasteiger partial charge in [0.05, 0.1) is 6.61 Å². The molecule has 0 aromatic rings. The Morgan fingerprint density at radius 3 is 2.75 bits per heavy atom. The van der Waals surface area contributed by atoms with Gasteiger partial charge in [-0.05, 0) is 0 Å². The van der Waals surface area contributed by atoms with Gasteiger partial charge in [0, 0.05) is 6.54 Å². The van der Waals surface area contributed by atoms with E-state index < -0.39 is 0 Å². The van der Waals surface area contributed by atoms with E-state index in [0.29, 0.717) is 6.54 Å². The molecule has 0 spiro atoms. The number of rotatable bonds is 2. The van der Waals surface area contributed by atoms with Crippen LogP contribution in [0.15, 0.2) is 5.10 Å². The van der Waals surface area contributed by atoms with Gasteiger partial charge >= 0.3 is 0 Å². The van der Waals surface area contributed by atoms with Crippen molar-refractivity contribution in [1.29, 1.82) is 0 Å². The minimum Gasteiger partial charge on any atom is -0.395 e. The van der Waals surface area contributed by atoms with Crippen molar-refractivity contribution >= 4 is 5.96 Å². The van der Waals surface area contributed by atoms with E-state index in [0.717, 1.165) is 0 Å². The lowest BCUT2D eigenvalue weighted by Crippen LogP contribution is -2.34. The smallest absolute Gasteiger partial charge is 0.210 e. The molecule has 6 N–H and O–H groups in total. The average Bonchev–Trinajstić information content (AvgIpc) is 1.83. The number of hydrazone groups is 1. The first-order valence-corrected chi connectivity index (χ1v) is 2.19. The second-order valence-electron chi connectivity index (χ2n) is 1.16. The monoisotopic (exact) mass is 118 g/mol. The fourth-order valence-corrected chi connectivity index (χ4v) is 0.230. The van der Waals surface area contributed by atoms with Crippen LogP contribution in [0.25, 0.3) is 0 Å². The molecule has 0 aromatic carbocycles. The lowest BCUT2D eigenvalue weighted by molar-refractivity contribution is 0.300. The maximum absolute atomic E-state index is 8.20. The Hall–Kier alpha value is -0.970. The normalized spacial score (nSPS) is 11.4. The van der Waals surface area contributed by atoms with E-state index in [1.54, 1.807) is 0 Å². The van der Waals surface area contributed by atoms with Crippen molar-refractivity contribution in [2.75, 3.05) is 13.2 Å². The number of hydrogen-bond acceptors (Lipinski definition) is 3. The molecular formula is C3H10N4O. The number of nitrogens with zero attached hydrogens (tertiary/aromatic N) is 1. The molecule has 0 heterocycles. The van der Waals surface area contributed by atoms with Gasteiger partial charge in [-0.2, -0.15) is 0 Å². The summed E-state index contributed by atoms with van der Waals surface area (Å²) in [5, 5.41) is 13.8. The van der Waals surface area contributed by atoms with Crippen LogP contribution in [0.4, 0.5) is 0 Å². The first kappa shape index (κ1) is 7.03. The van der Waals surface area contributed by atoms with Crippen LogP contribution in [0.1, 0.15) is 0 Å². The summed E-state index contributed by atoms with van der Waals surface area (Å²) in [7, 11) is 0. The molecule has 0 rings (SSSR count). The highest BCUT2D eigenvalue weighted by Gasteiger charge is 1.83. The van der Waals surface area contributed by atoms with E-state index in [1.165, 1.54) is 0 Å². The number of aliphatic hydroxyl groups is 1. The van der Waals surface area contributed by atoms with Gasteiger partial charge < -0.3 is 22.0 Å². The van der Waals surface area contributed by atoms with Crippen LogP contribution in [-0.4, -0.2) is 24.2 Å². The van der Waals surface area contributed by atoms with Gasteiger partial charge in [0.2, 0.25) is 5.96 Å². The van der Waals surface area contributed by atoms with Gasteiger partial charge in [-0.1, -0.05) is 0 Å². The van der Waals surface area contributed by atoms with E-state index in [9.17, 15) is 0 Å². The predicted molar refractivity (Wildman–Crippen MR) is 30.9 cm³/mol. The van der Waals surface area contributed by atoms with Gasteiger partial charge in [0.1, 0.15) is 0 Å². The van der Waals surface area contributed by atoms with E-state index in [-0.39, 0.29) is 12.6 Å². The summed E-state index contributed by atoms with van der Waals surface area (Å²) in [6.45, 7) is 0.406. The zero-order valence-electron chi connectivity index (χ0n) is 4.46. The van der Waals surface area contributed by atoms with Crippen LogP contribution in [0.2, 0.25) is 0 Å². The first-order valence-electron chi connectivity index (χ1n) is 2.19. The predicted octanol–water partition coefficient (Wildman–Crippen LogP) is -2.24. The highest BCUT2D eigenvalue weighted by molar-refractivity contribution is 5.77. The summed E-state index contributed by atoms with van der Waals surface area (Å²) in [5.41, 5.74) is 5.06. The van der Waals surface area contributed by atoms with Crippen LogP contribution in [-0.2, 0) is 0 Å². The molecule has 0 aliphatic heterocycles. The van der Waals surface area contributed by atoms with Crippen molar-refractivity contribution in [3.8, 4) is 0 Å². The van der Waals surface area contributed by atoms with Gasteiger partial charge in [-0.25, -0.2) is 0 Å². The van der Waals surface area contributed by atoms with Crippen molar-refractivity contribution in [2.45, 2.75) is 0 Å². The summed E-state index contributed by atoms with van der Waals surface area (Å²) in [6, 6.07) is 0. The number of nitrogens with two attached hydrogens (primary N) is 2. The van der Waals surface area contributed by atoms with E-state index >= 15 is 0 Å². The Morgan fingerprint density at radius 1 is 1.75 bits per heavy atom. The summed E-state index contributed by atoms with van der Waals surface area (Å²) < 4.78 is 0. The van der Waals surface area contributed by atoms with Gasteiger partial charge in [-0.3, -0.25) is 0 Å². The molecule has 0 unspecified atom stereocenters. The molecule has 0 saturated heterocycles. The topological polar surface area (TPSA) is 96.7 Å². The fourth-order valence-electron chi connectivity index (χ4n) is 0.230. The molecule has 0 radical (unpaired) electrons. The zero-order valence-corrected chi connectivity index (χ0v) is 4.46. The van der Waals surface area contributed by atoms with Gasteiger partial charge in [0.25, 0.3) is 0 Å². The molecule has 0 atom stereocenters. The second kappa shape index (κ2) is 4.20. The zero-order chi connectivity index (χ0) is 6.41. The summed E-state index contributed by atoms with van der Waals surface area (Å²) in [5.74, 6) is 4.87. The Labute approximate surface area is 47.4 Å². The molecular weight excluding hydrogens is 108 g/mol. The lowest BCUT2D eigenvalue weighted by atomic mass is 10.7. The third kappa shape index (κ3) is 3.23. The summed E-state index contributed by atoms with van der Waals surface area (Å²) in [6.07, 6.45) is 0. The molecule has 0 aliphatic rings. The molecule has 48 valence electrons. The van der Waals surface area contributed by atoms with Crippen molar-refractivity contribution in [3.05, 3.63) is 0 Å². The fraction of sp³-hybridized carbons (Fsp3) is 0.667. The number of aliphatic hydroxyl groups excluding tert-OH is 1. The largest absolute Gasteiger partial charge is 0.395 e. The Balaban J connectivity index is 3.12. The maximum Gasteiger partial charge on any atom is 0.210 e. The average molecular weight is 118 g/mol. The van der Waals surface area contributed by atoms with Crippen LogP contribution in [0.5, 0.6) is 0 Å². The van der Waals surface area contributed by atoms with Crippen LogP contribution < -0.4 is 16.9 Å². The van der Waals surface area contributed by atoms with E-state index in [2.05, 4.69) is 10.4 Å². The Kier molecular flexibility index (Phi) is 3.69. The van der Waals surface area contributed by atoms with Gasteiger partial charge in [0.15, 0.2) is 0 Å². The number of hydrogen-bond donors (Lipinski definition) is 4. The third-order valence-corrected chi connectivity index (χ3v) is 0.557. The Morgan fingerprint density at radius 2 is 2.38 bits per heavy atom. The number of nitrogens with one attached hydrogen (secondary N) is 1. The first-order chi connectivity index (χ1) is 3.81. The highest BCUT2D eigenvalue weighted by atomic mass is 16.3. The molecule has 0 bridgehead atoms. The minimum atomic E-state index is 0.0240. The van der Waals surface area contributed by atoms with Crippen molar-refractivity contribution in [2.24, 2.45) is 16.7 Å². The standard InChI is InChI=1S/C3H10N4O/c4-3(7-5)6-1-2-8/h8H,1-2,5H2,(H3,4,6,7). The summed E-state index contributed by atoms with van der Waals surface area (Å²) >= 11 is 0. The Bertz CT molecular complexity index is 81.4. The molecule has 5 heteroatoms. The quantitative estimate of drug-likeness (QED) is 0.143. The van der Waals surface area contributed by atoms with E-state index in [1.807, 2.05) is 0 Å². The minimum absolute atomic E-state index is 0.0240. The van der Waals surface area contributed by atoms with Crippen molar-refractivity contribution < 1.29 is 5.11 Å². The third-order valence-electron chi connectivity index (χ3n) is 0.557. The molecule has 5 nitrogen and oxygen atoms in total. The van der Waals surface area contributed by atoms with Gasteiger partial charge in [-0.15, -0.1) is 5.10 Å². The van der Waals surface area contributed by atoms with Crippen molar-refractivity contribution in [3.63, 3.8) is 0 Å². The second-order valence-corrected chi connectivity index (χ2v) is 1.16. The molecule has 0 aliphatic carbocycles. The lowest BCUT2D eigenvalue weighted by Gasteiger charge is -1.98. The summed E-state index contributed by atoms with van der Waals surface area (Å²) in [4.78, 5) is 0. The molecule has 0 aromatic heterocycles. The molecule has 0 saturated carbocycles. The molecule has 0 amide bonds. The molecule has 0 fully saturated rings. The maximum atomic E-state index is 8.20. The van der Waals surface area contributed by atoms with Crippen LogP contribution in [0, 0.1) is 0 Å². The molecule has 8 heavy (non-hydrogen) atoms. The highest BCUT2D eigenvalue weighted by Crippen LogP contribution is 1.54. The van der Waals surface area contributed by atoms with Crippen LogP contribution >= 0.6 is 0 Å². The van der Waals surface area contributed by atoms with Crippen molar-refractivity contribution in [1.82, 2.24) is 5.32 Å². The number of guanidine groups is 1. The van der Waals surface area contributed by atoms with Crippen LogP contribution in [0.3, 0.4) is 0 Å². The van der Waals surface area contributed by atoms with E-state index in [4.69, 9.17) is 16.7 Å².